The van der Waals surface area contributed by atoms with Crippen molar-refractivity contribution in [2.24, 2.45) is 0 Å². The van der Waals surface area contributed by atoms with Gasteiger partial charge in [0.2, 0.25) is 0 Å². The number of nitrogens with one attached hydrogen (secondary N) is 1. The predicted molar refractivity (Wildman–Crippen MR) is 109 cm³/mol. The summed E-state index contributed by atoms with van der Waals surface area (Å²) in [6.45, 7) is 3.58. The highest BCUT2D eigenvalue weighted by molar-refractivity contribution is 6.04. The predicted octanol–water partition coefficient (Wildman–Crippen LogP) is 3.79. The van der Waals surface area contributed by atoms with E-state index in [1.165, 1.54) is 22.8 Å². The van der Waals surface area contributed by atoms with Gasteiger partial charge < -0.3 is 5.32 Å². The topological polar surface area (TPSA) is 76.9 Å². The number of nitrogens with zero attached hydrogens (tertiary/aromatic N) is 3. The Morgan fingerprint density at radius 3 is 2.59 bits per heavy atom. The number of hydrogen-bond donors (Lipinski definition) is 1. The highest BCUT2D eigenvalue weighted by Gasteiger charge is 2.14. The summed E-state index contributed by atoms with van der Waals surface area (Å²) in [6, 6.07) is 14.3. The normalized spacial score (nSPS) is 10.9. The molecule has 0 spiro atoms. The van der Waals surface area contributed by atoms with E-state index < -0.39 is 11.7 Å². The van der Waals surface area contributed by atoms with Gasteiger partial charge in [0.15, 0.2) is 5.65 Å². The number of aromatic nitrogens is 3. The SMILES string of the molecule is Cc1ccc(C(=O)Nc2cc(-n3c(C)nc4ncccc4c3=O)ccc2F)cc1. The summed E-state index contributed by atoms with van der Waals surface area (Å²) in [6.07, 6.45) is 1.56. The van der Waals surface area contributed by atoms with Crippen molar-refractivity contribution in [2.45, 2.75) is 13.8 Å². The molecule has 4 rings (SSSR count). The molecule has 2 heterocycles. The molecule has 0 saturated heterocycles. The van der Waals surface area contributed by atoms with Gasteiger partial charge in [0, 0.05) is 11.8 Å². The Morgan fingerprint density at radius 1 is 1.07 bits per heavy atom. The Kier molecular flexibility index (Phi) is 4.64. The van der Waals surface area contributed by atoms with Crippen LogP contribution in [0.4, 0.5) is 10.1 Å². The Balaban J connectivity index is 1.76. The van der Waals surface area contributed by atoms with Crippen LogP contribution in [0.15, 0.2) is 65.6 Å². The van der Waals surface area contributed by atoms with Gasteiger partial charge >= 0.3 is 0 Å². The molecule has 2 aromatic heterocycles. The summed E-state index contributed by atoms with van der Waals surface area (Å²) in [7, 11) is 0. The van der Waals surface area contributed by atoms with Gasteiger partial charge in [0.1, 0.15) is 11.6 Å². The monoisotopic (exact) mass is 388 g/mol. The minimum atomic E-state index is -0.602. The van der Waals surface area contributed by atoms with Crippen LogP contribution in [0.5, 0.6) is 0 Å². The fourth-order valence-electron chi connectivity index (χ4n) is 3.08. The molecular formula is C22H17FN4O2. The van der Waals surface area contributed by atoms with Crippen molar-refractivity contribution in [2.75, 3.05) is 5.32 Å². The second-order valence-corrected chi connectivity index (χ2v) is 6.66. The fraction of sp³-hybridized carbons (Fsp3) is 0.0909. The smallest absolute Gasteiger partial charge is 0.267 e. The maximum Gasteiger partial charge on any atom is 0.267 e. The first-order chi connectivity index (χ1) is 13.9. The number of fused-ring (bicyclic) bond motifs is 1. The number of pyridine rings is 1. The molecule has 0 aliphatic heterocycles. The van der Waals surface area contributed by atoms with Crippen molar-refractivity contribution in [3.8, 4) is 5.69 Å². The van der Waals surface area contributed by atoms with E-state index in [2.05, 4.69) is 15.3 Å². The number of aryl methyl sites for hydroxylation is 2. The number of carbonyl (C=O) groups is 1. The number of carbonyl (C=O) groups excluding carboxylic acids is 1. The molecular weight excluding hydrogens is 371 g/mol. The van der Waals surface area contributed by atoms with Crippen LogP contribution in [0.1, 0.15) is 21.7 Å². The van der Waals surface area contributed by atoms with Crippen LogP contribution in [0.25, 0.3) is 16.7 Å². The zero-order chi connectivity index (χ0) is 20.5. The first kappa shape index (κ1) is 18.5. The van der Waals surface area contributed by atoms with E-state index in [1.807, 2.05) is 6.92 Å². The van der Waals surface area contributed by atoms with E-state index in [0.717, 1.165) is 5.56 Å². The Morgan fingerprint density at radius 2 is 1.83 bits per heavy atom. The number of amides is 1. The van der Waals surface area contributed by atoms with E-state index in [1.54, 1.807) is 49.5 Å². The molecule has 0 saturated carbocycles. The first-order valence-electron chi connectivity index (χ1n) is 8.96. The minimum Gasteiger partial charge on any atom is -0.319 e. The van der Waals surface area contributed by atoms with Crippen molar-refractivity contribution >= 4 is 22.6 Å². The van der Waals surface area contributed by atoms with Crippen LogP contribution >= 0.6 is 0 Å². The molecule has 0 radical (unpaired) electrons. The van der Waals surface area contributed by atoms with Crippen molar-refractivity contribution in [1.29, 1.82) is 0 Å². The molecule has 0 fully saturated rings. The Hall–Kier alpha value is -3.87. The lowest BCUT2D eigenvalue weighted by Gasteiger charge is -2.13. The molecule has 144 valence electrons. The zero-order valence-electron chi connectivity index (χ0n) is 15.8. The number of anilines is 1. The van der Waals surface area contributed by atoms with Crippen molar-refractivity contribution < 1.29 is 9.18 Å². The molecule has 1 N–H and O–H groups in total. The molecule has 2 aromatic carbocycles. The fourth-order valence-corrected chi connectivity index (χ4v) is 3.08. The summed E-state index contributed by atoms with van der Waals surface area (Å²) in [5.41, 5.74) is 1.83. The summed E-state index contributed by atoms with van der Waals surface area (Å²) >= 11 is 0. The van der Waals surface area contributed by atoms with Crippen LogP contribution in [0.3, 0.4) is 0 Å². The van der Waals surface area contributed by atoms with Gasteiger partial charge in [-0.05, 0) is 56.3 Å². The molecule has 4 aromatic rings. The van der Waals surface area contributed by atoms with E-state index >= 15 is 0 Å². The van der Waals surface area contributed by atoms with Gasteiger partial charge in [-0.3, -0.25) is 14.2 Å². The van der Waals surface area contributed by atoms with Crippen LogP contribution in [-0.4, -0.2) is 20.4 Å². The lowest BCUT2D eigenvalue weighted by atomic mass is 10.1. The van der Waals surface area contributed by atoms with Gasteiger partial charge in [-0.1, -0.05) is 17.7 Å². The number of hydrogen-bond acceptors (Lipinski definition) is 4. The van der Waals surface area contributed by atoms with Crippen molar-refractivity contribution in [3.63, 3.8) is 0 Å². The molecule has 29 heavy (non-hydrogen) atoms. The van der Waals surface area contributed by atoms with E-state index in [0.29, 0.717) is 28.1 Å². The third-order valence-electron chi connectivity index (χ3n) is 4.58. The second-order valence-electron chi connectivity index (χ2n) is 6.66. The molecule has 0 aliphatic rings. The van der Waals surface area contributed by atoms with Crippen LogP contribution < -0.4 is 10.9 Å². The van der Waals surface area contributed by atoms with Gasteiger partial charge in [-0.25, -0.2) is 14.4 Å². The summed E-state index contributed by atoms with van der Waals surface area (Å²) < 4.78 is 15.7. The molecule has 6 nitrogen and oxygen atoms in total. The van der Waals surface area contributed by atoms with Gasteiger partial charge in [0.05, 0.1) is 16.8 Å². The molecule has 0 atom stereocenters. The zero-order valence-corrected chi connectivity index (χ0v) is 15.8. The van der Waals surface area contributed by atoms with Crippen molar-refractivity contribution in [3.05, 3.63) is 93.9 Å². The average Bonchev–Trinajstić information content (AvgIpc) is 2.71. The van der Waals surface area contributed by atoms with Crippen LogP contribution in [-0.2, 0) is 0 Å². The molecule has 0 aliphatic carbocycles. The summed E-state index contributed by atoms with van der Waals surface area (Å²) in [5, 5.41) is 2.92. The number of benzene rings is 2. The van der Waals surface area contributed by atoms with E-state index in [9.17, 15) is 14.0 Å². The summed E-state index contributed by atoms with van der Waals surface area (Å²) in [5.74, 6) is -0.634. The Labute approximate surface area is 165 Å². The molecule has 0 bridgehead atoms. The molecule has 1 amide bonds. The summed E-state index contributed by atoms with van der Waals surface area (Å²) in [4.78, 5) is 33.8. The second kappa shape index (κ2) is 7.27. The highest BCUT2D eigenvalue weighted by atomic mass is 19.1. The van der Waals surface area contributed by atoms with E-state index in [4.69, 9.17) is 0 Å². The highest BCUT2D eigenvalue weighted by Crippen LogP contribution is 2.20. The molecule has 0 unspecified atom stereocenters. The third kappa shape index (κ3) is 3.50. The van der Waals surface area contributed by atoms with E-state index in [-0.39, 0.29) is 11.2 Å². The maximum absolute atomic E-state index is 14.4. The van der Waals surface area contributed by atoms with Gasteiger partial charge in [-0.15, -0.1) is 0 Å². The number of rotatable bonds is 3. The number of halogens is 1. The van der Waals surface area contributed by atoms with Gasteiger partial charge in [-0.2, -0.15) is 0 Å². The lowest BCUT2D eigenvalue weighted by Crippen LogP contribution is -2.23. The van der Waals surface area contributed by atoms with Crippen LogP contribution in [0.2, 0.25) is 0 Å². The average molecular weight is 388 g/mol. The maximum atomic E-state index is 14.4. The Bertz CT molecular complexity index is 1300. The lowest BCUT2D eigenvalue weighted by molar-refractivity contribution is 0.102. The first-order valence-corrected chi connectivity index (χ1v) is 8.96. The van der Waals surface area contributed by atoms with Gasteiger partial charge in [0.25, 0.3) is 11.5 Å². The van der Waals surface area contributed by atoms with Crippen molar-refractivity contribution in [1.82, 2.24) is 14.5 Å². The minimum absolute atomic E-state index is 0.0225. The third-order valence-corrected chi connectivity index (χ3v) is 4.58. The quantitative estimate of drug-likeness (QED) is 0.579. The van der Waals surface area contributed by atoms with Crippen LogP contribution in [0, 0.1) is 19.7 Å². The standard InChI is InChI=1S/C22H17FN4O2/c1-13-5-7-15(8-6-13)21(28)26-19-12-16(9-10-18(19)23)27-14(2)25-20-17(22(27)29)4-3-11-24-20/h3-12H,1-2H3,(H,26,28). The largest absolute Gasteiger partial charge is 0.319 e. The molecule has 7 heteroatoms.